The van der Waals surface area contributed by atoms with Crippen LogP contribution >= 0.6 is 43.7 Å². The van der Waals surface area contributed by atoms with E-state index < -0.39 is 35.2 Å². The molecule has 9 heteroatoms. The predicted molar refractivity (Wildman–Crippen MR) is 282 cm³/mol. The normalized spacial score (nSPS) is 16.5. The third-order valence-corrected chi connectivity index (χ3v) is 98.1. The van der Waals surface area contributed by atoms with Gasteiger partial charge >= 0.3 is 371 Å². The average molecular weight is 966 g/mol. The Morgan fingerprint density at radius 3 is 0.678 bits per heavy atom. The van der Waals surface area contributed by atoms with Gasteiger partial charge < -0.3 is 0 Å². The zero-order chi connectivity index (χ0) is 40.0. The molecule has 8 aromatic rings. The fourth-order valence-corrected chi connectivity index (χ4v) is 151. The van der Waals surface area contributed by atoms with Crippen molar-refractivity contribution in [1.82, 2.24) is 0 Å². The molecule has 0 fully saturated rings. The summed E-state index contributed by atoms with van der Waals surface area (Å²) in [5, 5.41) is 10.7. The van der Waals surface area contributed by atoms with E-state index in [1.54, 1.807) is 7.73 Å². The topological polar surface area (TPSA) is 0 Å². The van der Waals surface area contributed by atoms with E-state index in [9.17, 15) is 0 Å². The second-order valence-electron chi connectivity index (χ2n) is 14.6. The van der Waals surface area contributed by atoms with Gasteiger partial charge in [0.25, 0.3) is 0 Å². The second kappa shape index (κ2) is 16.3. The Labute approximate surface area is 367 Å². The minimum absolute atomic E-state index is 1.28. The van der Waals surface area contributed by atoms with Crippen LogP contribution in [0.4, 0.5) is 0 Å². The summed E-state index contributed by atoms with van der Waals surface area (Å²) in [5.41, 5.74) is 0. The fourth-order valence-electron chi connectivity index (χ4n) is 8.79. The van der Waals surface area contributed by atoms with E-state index >= 15 is 0 Å². The van der Waals surface area contributed by atoms with Crippen molar-refractivity contribution in [2.24, 2.45) is 0 Å². The Morgan fingerprint density at radius 1 is 0.288 bits per heavy atom. The molecular formula is C50H40GeP4S4. The summed E-state index contributed by atoms with van der Waals surface area (Å²) in [5.74, 6) is 0. The Morgan fingerprint density at radius 2 is 0.475 bits per heavy atom. The molecular weight excluding hydrogens is 925 g/mol. The molecule has 0 atom stereocenters. The van der Waals surface area contributed by atoms with Crippen molar-refractivity contribution in [1.29, 1.82) is 0 Å². The summed E-state index contributed by atoms with van der Waals surface area (Å²) < 4.78 is 3.40. The second-order valence-corrected chi connectivity index (χ2v) is 56.9. The van der Waals surface area contributed by atoms with Crippen molar-refractivity contribution < 1.29 is 0 Å². The van der Waals surface area contributed by atoms with E-state index in [0.29, 0.717) is 0 Å². The first kappa shape index (κ1) is 40.0. The summed E-state index contributed by atoms with van der Waals surface area (Å²) >= 11 is 15.4. The quantitative estimate of drug-likeness (QED) is 0.0989. The van der Waals surface area contributed by atoms with Gasteiger partial charge in [0.1, 0.15) is 0 Å². The zero-order valence-corrected chi connectivity index (χ0v) is 41.0. The molecule has 0 N–H and O–H groups in total. The number of hydrogen-bond acceptors (Lipinski definition) is 4. The van der Waals surface area contributed by atoms with Crippen LogP contribution in [0.25, 0.3) is 0 Å². The monoisotopic (exact) mass is 966 g/mol. The third-order valence-electron chi connectivity index (χ3n) is 11.3. The van der Waals surface area contributed by atoms with Crippen LogP contribution in [-0.2, 0) is 23.6 Å². The first-order valence-corrected chi connectivity index (χ1v) is 38.9. The number of hydrogen-bond donors (Lipinski definition) is 0. The summed E-state index contributed by atoms with van der Waals surface area (Å²) in [6, 6.07) is 85.4. The molecule has 2 aliphatic rings. The molecule has 2 aliphatic heterocycles. The van der Waals surface area contributed by atoms with Gasteiger partial charge in [0, 0.05) is 0 Å². The Kier molecular flexibility index (Phi) is 11.1. The third kappa shape index (κ3) is 6.24. The Hall–Kier alpha value is -3.10. The number of benzene rings is 8. The molecule has 1 spiro atoms. The summed E-state index contributed by atoms with van der Waals surface area (Å²) in [6.45, 7) is 0. The molecule has 2 heterocycles. The molecule has 0 aromatic heterocycles. The Bertz CT molecular complexity index is 2610. The van der Waals surface area contributed by atoms with Crippen LogP contribution in [0.1, 0.15) is 0 Å². The van der Waals surface area contributed by atoms with E-state index in [0.717, 1.165) is 0 Å². The van der Waals surface area contributed by atoms with Gasteiger partial charge in [-0.15, -0.1) is 0 Å². The zero-order valence-electron chi connectivity index (χ0n) is 32.0. The number of rotatable bonds is 10. The van der Waals surface area contributed by atoms with Crippen molar-refractivity contribution in [2.45, 2.75) is 0 Å². The average Bonchev–Trinajstić information content (AvgIpc) is 3.31. The van der Waals surface area contributed by atoms with Crippen LogP contribution in [-0.4, -0.2) is 18.7 Å². The molecule has 10 rings (SSSR count). The molecule has 0 saturated heterocycles. The summed E-state index contributed by atoms with van der Waals surface area (Å²) in [4.78, 5) is 0. The van der Waals surface area contributed by atoms with E-state index in [2.05, 4.69) is 262 Å². The molecule has 0 aliphatic carbocycles. The maximum atomic E-state index is 7.72. The first-order valence-electron chi connectivity index (χ1n) is 19.6. The molecule has 0 bridgehead atoms. The molecule has 0 unspecified atom stereocenters. The standard InChI is InChI=1S/C50H40GeP4S4/c56-52(41-25-9-1-10-26-41,42-27-11-2-12-28-42)49-51(58-54(49,45-33-17-5-18-34-45)46-35-19-6-20-36-46)50(53(57,43-29-13-3-14-30-43)44-31-15-4-16-32-44)55(59-51,47-37-21-7-22-38-47)48-39-23-8-24-40-48/h1-40H. The van der Waals surface area contributed by atoms with Gasteiger partial charge in [0.2, 0.25) is 0 Å². The Balaban J connectivity index is 1.48. The van der Waals surface area contributed by atoms with Crippen molar-refractivity contribution in [3.8, 4) is 0 Å². The molecule has 59 heavy (non-hydrogen) atoms. The van der Waals surface area contributed by atoms with Gasteiger partial charge in [-0.3, -0.25) is 0 Å². The first-order chi connectivity index (χ1) is 29.0. The molecule has 8 aromatic carbocycles. The van der Waals surface area contributed by atoms with E-state index in [1.165, 1.54) is 42.4 Å². The van der Waals surface area contributed by atoms with Crippen LogP contribution in [0.3, 0.4) is 0 Å². The molecule has 0 saturated carbocycles. The molecule has 0 radical (unpaired) electrons. The molecule has 288 valence electrons. The van der Waals surface area contributed by atoms with Gasteiger partial charge in [-0.2, -0.15) is 0 Å². The van der Waals surface area contributed by atoms with Gasteiger partial charge in [-0.05, 0) is 0 Å². The van der Waals surface area contributed by atoms with Gasteiger partial charge in [0.15, 0.2) is 0 Å². The van der Waals surface area contributed by atoms with Gasteiger partial charge in [-0.1, -0.05) is 0 Å². The van der Waals surface area contributed by atoms with Gasteiger partial charge in [-0.25, -0.2) is 0 Å². The van der Waals surface area contributed by atoms with Crippen molar-refractivity contribution >= 4 is 128 Å². The predicted octanol–water partition coefficient (Wildman–Crippen LogP) is 10.7. The summed E-state index contributed by atoms with van der Waals surface area (Å²) in [7, 11) is 1.05. The van der Waals surface area contributed by atoms with Crippen LogP contribution in [0.2, 0.25) is 0 Å². The van der Waals surface area contributed by atoms with Gasteiger partial charge in [0.05, 0.1) is 0 Å². The van der Waals surface area contributed by atoms with Crippen molar-refractivity contribution in [3.05, 3.63) is 243 Å². The molecule has 0 amide bonds. The van der Waals surface area contributed by atoms with Crippen LogP contribution < -0.4 is 42.4 Å². The summed E-state index contributed by atoms with van der Waals surface area (Å²) in [6.07, 6.45) is -4.69. The molecule has 0 nitrogen and oxygen atoms in total. The minimum atomic E-state index is -3.74. The van der Waals surface area contributed by atoms with E-state index in [-0.39, 0.29) is 0 Å². The van der Waals surface area contributed by atoms with E-state index in [4.69, 9.17) is 23.6 Å². The SMILES string of the molecule is S=P([C]1=P(c2ccccc2)(c2ccccc2)[S][Ge]12[S]P(c1ccccc1)(c1ccccc1)=[C]2P(=S)(c1ccccc1)c1ccccc1)(c1ccccc1)c1ccccc1. The van der Waals surface area contributed by atoms with Crippen LogP contribution in [0.5, 0.6) is 0 Å². The van der Waals surface area contributed by atoms with Crippen molar-refractivity contribution in [3.63, 3.8) is 0 Å². The van der Waals surface area contributed by atoms with Crippen LogP contribution in [0, 0.1) is 0 Å². The van der Waals surface area contributed by atoms with Crippen molar-refractivity contribution in [2.75, 3.05) is 0 Å². The fraction of sp³-hybridized carbons (Fsp3) is 0. The van der Waals surface area contributed by atoms with E-state index in [1.807, 2.05) is 0 Å². The maximum absolute atomic E-state index is 7.72. The van der Waals surface area contributed by atoms with Crippen LogP contribution in [0.15, 0.2) is 243 Å².